The van der Waals surface area contributed by atoms with E-state index in [0.717, 1.165) is 16.5 Å². The van der Waals surface area contributed by atoms with E-state index < -0.39 is 6.04 Å². The lowest BCUT2D eigenvalue weighted by atomic mass is 10.1. The number of rotatable bonds is 5. The first-order valence-corrected chi connectivity index (χ1v) is 6.07. The van der Waals surface area contributed by atoms with E-state index in [4.69, 9.17) is 10.5 Å². The van der Waals surface area contributed by atoms with E-state index in [1.807, 2.05) is 30.3 Å². The van der Waals surface area contributed by atoms with Gasteiger partial charge in [0.15, 0.2) is 0 Å². The maximum absolute atomic E-state index is 11.7. The van der Waals surface area contributed by atoms with Crippen LogP contribution < -0.4 is 11.1 Å². The van der Waals surface area contributed by atoms with Gasteiger partial charge >= 0.3 is 0 Å². The minimum absolute atomic E-state index is 0.203. The van der Waals surface area contributed by atoms with Gasteiger partial charge in [0.2, 0.25) is 5.91 Å². The van der Waals surface area contributed by atoms with Gasteiger partial charge in [0, 0.05) is 18.7 Å². The second kappa shape index (κ2) is 6.26. The molecule has 1 aromatic heterocycles. The summed E-state index contributed by atoms with van der Waals surface area (Å²) in [6.07, 6.45) is 1.74. The monoisotopic (exact) mass is 259 g/mol. The average molecular weight is 259 g/mol. The standard InChI is InChI=1S/C14H17N3O2/c1-19-9-12(15)14(18)17-8-13-11-5-3-2-4-10(11)6-7-16-13/h2-7,12H,8-9,15H2,1H3,(H,17,18). The van der Waals surface area contributed by atoms with E-state index in [9.17, 15) is 4.79 Å². The number of ether oxygens (including phenoxy) is 1. The van der Waals surface area contributed by atoms with Crippen molar-refractivity contribution in [2.45, 2.75) is 12.6 Å². The van der Waals surface area contributed by atoms with Crippen LogP contribution in [0.15, 0.2) is 36.5 Å². The largest absolute Gasteiger partial charge is 0.383 e. The Labute approximate surface area is 111 Å². The number of methoxy groups -OCH3 is 1. The second-order valence-corrected chi connectivity index (χ2v) is 4.26. The second-order valence-electron chi connectivity index (χ2n) is 4.26. The number of amides is 1. The number of fused-ring (bicyclic) bond motifs is 1. The summed E-state index contributed by atoms with van der Waals surface area (Å²) >= 11 is 0. The molecule has 2 aromatic rings. The van der Waals surface area contributed by atoms with Crippen LogP contribution >= 0.6 is 0 Å². The van der Waals surface area contributed by atoms with E-state index in [2.05, 4.69) is 10.3 Å². The number of nitrogens with one attached hydrogen (secondary N) is 1. The predicted molar refractivity (Wildman–Crippen MR) is 73.4 cm³/mol. The molecule has 0 saturated carbocycles. The predicted octanol–water partition coefficient (Wildman–Crippen LogP) is 0.825. The van der Waals surface area contributed by atoms with Gasteiger partial charge in [-0.05, 0) is 11.5 Å². The normalized spacial score (nSPS) is 12.3. The number of pyridine rings is 1. The van der Waals surface area contributed by atoms with Crippen molar-refractivity contribution in [2.24, 2.45) is 5.73 Å². The third kappa shape index (κ3) is 3.27. The van der Waals surface area contributed by atoms with Crippen LogP contribution in [0.25, 0.3) is 10.8 Å². The van der Waals surface area contributed by atoms with E-state index in [-0.39, 0.29) is 12.5 Å². The van der Waals surface area contributed by atoms with Gasteiger partial charge in [-0.3, -0.25) is 9.78 Å². The van der Waals surface area contributed by atoms with Crippen molar-refractivity contribution in [3.8, 4) is 0 Å². The Bertz CT molecular complexity index is 566. The minimum atomic E-state index is -0.653. The first-order valence-electron chi connectivity index (χ1n) is 6.07. The molecule has 1 aromatic carbocycles. The van der Waals surface area contributed by atoms with E-state index in [0.29, 0.717) is 6.54 Å². The average Bonchev–Trinajstić information content (AvgIpc) is 2.45. The van der Waals surface area contributed by atoms with Crippen molar-refractivity contribution in [1.82, 2.24) is 10.3 Å². The van der Waals surface area contributed by atoms with Gasteiger partial charge < -0.3 is 15.8 Å². The van der Waals surface area contributed by atoms with Gasteiger partial charge in [0.1, 0.15) is 6.04 Å². The fourth-order valence-corrected chi connectivity index (χ4v) is 1.88. The molecule has 0 aliphatic carbocycles. The Hall–Kier alpha value is -1.98. The zero-order valence-electron chi connectivity index (χ0n) is 10.8. The number of benzene rings is 1. The van der Waals surface area contributed by atoms with Gasteiger partial charge in [0.25, 0.3) is 0 Å². The summed E-state index contributed by atoms with van der Waals surface area (Å²) in [6, 6.07) is 9.21. The third-order valence-electron chi connectivity index (χ3n) is 2.87. The minimum Gasteiger partial charge on any atom is -0.383 e. The van der Waals surface area contributed by atoms with Gasteiger partial charge in [-0.15, -0.1) is 0 Å². The molecule has 3 N–H and O–H groups in total. The molecule has 1 heterocycles. The van der Waals surface area contributed by atoms with Crippen LogP contribution in [0.2, 0.25) is 0 Å². The molecule has 5 nitrogen and oxygen atoms in total. The first kappa shape index (κ1) is 13.5. The molecule has 0 radical (unpaired) electrons. The van der Waals surface area contributed by atoms with Crippen LogP contribution in [0.1, 0.15) is 5.69 Å². The Morgan fingerprint density at radius 3 is 3.00 bits per heavy atom. The lowest BCUT2D eigenvalue weighted by Crippen LogP contribution is -2.43. The molecule has 5 heteroatoms. The van der Waals surface area contributed by atoms with E-state index in [1.54, 1.807) is 6.20 Å². The number of hydrogen-bond acceptors (Lipinski definition) is 4. The summed E-state index contributed by atoms with van der Waals surface area (Å²) in [6.45, 7) is 0.562. The molecule has 1 unspecified atom stereocenters. The van der Waals surface area contributed by atoms with Crippen molar-refractivity contribution < 1.29 is 9.53 Å². The highest BCUT2D eigenvalue weighted by Gasteiger charge is 2.13. The third-order valence-corrected chi connectivity index (χ3v) is 2.87. The highest BCUT2D eigenvalue weighted by Crippen LogP contribution is 2.15. The van der Waals surface area contributed by atoms with Crippen molar-refractivity contribution in [2.75, 3.05) is 13.7 Å². The van der Waals surface area contributed by atoms with Crippen LogP contribution in [-0.2, 0) is 16.1 Å². The fraction of sp³-hybridized carbons (Fsp3) is 0.286. The van der Waals surface area contributed by atoms with Crippen LogP contribution in [0.4, 0.5) is 0 Å². The molecule has 1 amide bonds. The maximum atomic E-state index is 11.7. The Morgan fingerprint density at radius 1 is 1.42 bits per heavy atom. The summed E-state index contributed by atoms with van der Waals surface area (Å²) in [5, 5.41) is 4.90. The summed E-state index contributed by atoms with van der Waals surface area (Å²) in [7, 11) is 1.51. The lowest BCUT2D eigenvalue weighted by Gasteiger charge is -2.11. The summed E-state index contributed by atoms with van der Waals surface area (Å²) in [5.41, 5.74) is 6.48. The number of aromatic nitrogens is 1. The van der Waals surface area contributed by atoms with Crippen molar-refractivity contribution in [3.05, 3.63) is 42.2 Å². The zero-order valence-corrected chi connectivity index (χ0v) is 10.8. The quantitative estimate of drug-likeness (QED) is 0.833. The van der Waals surface area contributed by atoms with Gasteiger partial charge in [0.05, 0.1) is 18.8 Å². The smallest absolute Gasteiger partial charge is 0.239 e. The Kier molecular flexibility index (Phi) is 4.43. The molecule has 0 saturated heterocycles. The molecule has 0 fully saturated rings. The van der Waals surface area contributed by atoms with Gasteiger partial charge in [-0.25, -0.2) is 0 Å². The highest BCUT2D eigenvalue weighted by molar-refractivity contribution is 5.85. The molecule has 19 heavy (non-hydrogen) atoms. The summed E-state index contributed by atoms with van der Waals surface area (Å²) in [5.74, 6) is -0.239. The first-order chi connectivity index (χ1) is 9.22. The number of carbonyl (C=O) groups is 1. The SMILES string of the molecule is COCC(N)C(=O)NCc1nccc2ccccc12. The lowest BCUT2D eigenvalue weighted by molar-refractivity contribution is -0.123. The number of carbonyl (C=O) groups excluding carboxylic acids is 1. The molecule has 2 rings (SSSR count). The van der Waals surface area contributed by atoms with Crippen LogP contribution in [0, 0.1) is 0 Å². The van der Waals surface area contributed by atoms with Crippen molar-refractivity contribution >= 4 is 16.7 Å². The highest BCUT2D eigenvalue weighted by atomic mass is 16.5. The van der Waals surface area contributed by atoms with Gasteiger partial charge in [-0.2, -0.15) is 0 Å². The number of nitrogens with zero attached hydrogens (tertiary/aromatic N) is 1. The molecule has 0 aliphatic heterocycles. The molecule has 0 aliphatic rings. The molecule has 100 valence electrons. The molecule has 1 atom stereocenters. The fourth-order valence-electron chi connectivity index (χ4n) is 1.88. The van der Waals surface area contributed by atoms with E-state index >= 15 is 0 Å². The Morgan fingerprint density at radius 2 is 2.21 bits per heavy atom. The molecule has 0 spiro atoms. The molecule has 0 bridgehead atoms. The number of nitrogens with two attached hydrogens (primary N) is 1. The maximum Gasteiger partial charge on any atom is 0.239 e. The molecular weight excluding hydrogens is 242 g/mol. The van der Waals surface area contributed by atoms with Crippen molar-refractivity contribution in [1.29, 1.82) is 0 Å². The van der Waals surface area contributed by atoms with E-state index in [1.165, 1.54) is 7.11 Å². The summed E-state index contributed by atoms with van der Waals surface area (Å²) in [4.78, 5) is 16.0. The molecular formula is C14H17N3O2. The van der Waals surface area contributed by atoms with Crippen LogP contribution in [0.5, 0.6) is 0 Å². The van der Waals surface area contributed by atoms with Crippen LogP contribution in [0.3, 0.4) is 0 Å². The summed E-state index contributed by atoms with van der Waals surface area (Å²) < 4.78 is 4.85. The van der Waals surface area contributed by atoms with Crippen molar-refractivity contribution in [3.63, 3.8) is 0 Å². The zero-order chi connectivity index (χ0) is 13.7. The Balaban J connectivity index is 2.08. The van der Waals surface area contributed by atoms with Gasteiger partial charge in [-0.1, -0.05) is 24.3 Å². The van der Waals surface area contributed by atoms with Crippen LogP contribution in [-0.4, -0.2) is 30.6 Å². The number of hydrogen-bond donors (Lipinski definition) is 2. The topological polar surface area (TPSA) is 77.2 Å².